The number of hydrogen-bond donors (Lipinski definition) is 2. The first-order chi connectivity index (χ1) is 6.50. The number of nitrogens with two attached hydrogens (primary N) is 2. The molecule has 0 unspecified atom stereocenters. The van der Waals surface area contributed by atoms with Crippen LogP contribution >= 0.6 is 28.1 Å². The van der Waals surface area contributed by atoms with Crippen molar-refractivity contribution in [3.05, 3.63) is 34.1 Å². The maximum absolute atomic E-state index is 12.9. The van der Waals surface area contributed by atoms with Crippen LogP contribution in [0.15, 0.2) is 22.7 Å². The van der Waals surface area contributed by atoms with Crippen molar-refractivity contribution in [1.29, 1.82) is 0 Å². The molecule has 14 heavy (non-hydrogen) atoms. The number of nitrogens with zero attached hydrogens (tertiary/aromatic N) is 1. The van der Waals surface area contributed by atoms with Crippen LogP contribution in [0, 0.1) is 5.82 Å². The Labute approximate surface area is 95.0 Å². The first-order valence-corrected chi connectivity index (χ1v) is 4.96. The minimum absolute atomic E-state index is 0.0705. The van der Waals surface area contributed by atoms with Crippen LogP contribution < -0.4 is 11.6 Å². The number of thiocarbonyl (C=S) groups is 1. The molecule has 0 saturated heterocycles. The van der Waals surface area contributed by atoms with Gasteiger partial charge in [0.15, 0.2) is 5.11 Å². The summed E-state index contributed by atoms with van der Waals surface area (Å²) < 4.78 is 13.6. The van der Waals surface area contributed by atoms with E-state index in [4.69, 9.17) is 11.6 Å². The molecule has 1 aromatic carbocycles. The fourth-order valence-corrected chi connectivity index (χ4v) is 1.36. The highest BCUT2D eigenvalue weighted by Crippen LogP contribution is 2.18. The highest BCUT2D eigenvalue weighted by atomic mass is 79.9. The van der Waals surface area contributed by atoms with Crippen molar-refractivity contribution in [3.63, 3.8) is 0 Å². The van der Waals surface area contributed by atoms with E-state index in [2.05, 4.69) is 28.1 Å². The predicted molar refractivity (Wildman–Crippen MR) is 60.6 cm³/mol. The molecular formula is C8H9BrFN3S. The van der Waals surface area contributed by atoms with Gasteiger partial charge in [-0.25, -0.2) is 10.2 Å². The van der Waals surface area contributed by atoms with E-state index in [0.29, 0.717) is 5.56 Å². The second kappa shape index (κ2) is 4.68. The Morgan fingerprint density at radius 1 is 1.57 bits per heavy atom. The Morgan fingerprint density at radius 2 is 2.21 bits per heavy atom. The molecule has 0 aliphatic heterocycles. The zero-order valence-electron chi connectivity index (χ0n) is 7.21. The summed E-state index contributed by atoms with van der Waals surface area (Å²) in [7, 11) is 0. The van der Waals surface area contributed by atoms with E-state index in [1.807, 2.05) is 0 Å². The lowest BCUT2D eigenvalue weighted by molar-refractivity contribution is 0.435. The van der Waals surface area contributed by atoms with Crippen LogP contribution in [-0.2, 0) is 6.54 Å². The quantitative estimate of drug-likeness (QED) is 0.489. The normalized spacial score (nSPS) is 9.93. The molecule has 6 heteroatoms. The molecule has 0 amide bonds. The second-order valence-electron chi connectivity index (χ2n) is 2.70. The van der Waals surface area contributed by atoms with E-state index in [-0.39, 0.29) is 17.5 Å². The topological polar surface area (TPSA) is 55.3 Å². The third-order valence-electron chi connectivity index (χ3n) is 1.63. The smallest absolute Gasteiger partial charge is 0.180 e. The summed E-state index contributed by atoms with van der Waals surface area (Å²) in [5.41, 5.74) is 5.99. The van der Waals surface area contributed by atoms with Gasteiger partial charge in [0.2, 0.25) is 0 Å². The lowest BCUT2D eigenvalue weighted by Crippen LogP contribution is -2.40. The Morgan fingerprint density at radius 3 is 2.79 bits per heavy atom. The fourth-order valence-electron chi connectivity index (χ4n) is 0.926. The molecule has 0 aliphatic carbocycles. The lowest BCUT2D eigenvalue weighted by Gasteiger charge is -2.16. The highest BCUT2D eigenvalue weighted by Gasteiger charge is 2.06. The lowest BCUT2D eigenvalue weighted by atomic mass is 10.2. The maximum atomic E-state index is 12.9. The molecule has 0 atom stereocenters. The number of benzene rings is 1. The molecule has 76 valence electrons. The zero-order chi connectivity index (χ0) is 10.7. The number of hydrazine groups is 1. The van der Waals surface area contributed by atoms with Gasteiger partial charge in [0.1, 0.15) is 5.82 Å². The molecule has 3 nitrogen and oxygen atoms in total. The molecule has 0 spiro atoms. The van der Waals surface area contributed by atoms with Crippen molar-refractivity contribution in [3.8, 4) is 0 Å². The van der Waals surface area contributed by atoms with Gasteiger partial charge in [-0.1, -0.05) is 15.9 Å². The van der Waals surface area contributed by atoms with Crippen LogP contribution in [0.5, 0.6) is 0 Å². The van der Waals surface area contributed by atoms with Crippen molar-refractivity contribution in [2.75, 3.05) is 0 Å². The standard InChI is InChI=1S/C8H9BrFN3S/c9-7-2-1-6(10)3-5(7)4-13(12)8(11)14/h1-3H,4,12H2,(H2,11,14). The molecule has 0 aromatic heterocycles. The van der Waals surface area contributed by atoms with Gasteiger partial charge in [0, 0.05) is 4.47 Å². The third-order valence-corrected chi connectivity index (χ3v) is 2.64. The van der Waals surface area contributed by atoms with E-state index in [1.165, 1.54) is 17.1 Å². The average molecular weight is 278 g/mol. The van der Waals surface area contributed by atoms with Crippen molar-refractivity contribution < 1.29 is 4.39 Å². The van der Waals surface area contributed by atoms with Crippen molar-refractivity contribution in [2.24, 2.45) is 11.6 Å². The molecule has 1 rings (SSSR count). The van der Waals surface area contributed by atoms with Crippen LogP contribution in [0.3, 0.4) is 0 Å². The summed E-state index contributed by atoms with van der Waals surface area (Å²) in [5.74, 6) is 5.17. The summed E-state index contributed by atoms with van der Waals surface area (Å²) in [6, 6.07) is 4.34. The summed E-state index contributed by atoms with van der Waals surface area (Å²) in [6.45, 7) is 0.272. The van der Waals surface area contributed by atoms with Crippen molar-refractivity contribution in [2.45, 2.75) is 6.54 Å². The minimum Gasteiger partial charge on any atom is -0.375 e. The Kier molecular flexibility index (Phi) is 3.79. The summed E-state index contributed by atoms with van der Waals surface area (Å²) in [5, 5.41) is 1.25. The third kappa shape index (κ3) is 2.90. The van der Waals surface area contributed by atoms with Crippen molar-refractivity contribution in [1.82, 2.24) is 5.01 Å². The summed E-state index contributed by atoms with van der Waals surface area (Å²) in [4.78, 5) is 0. The zero-order valence-corrected chi connectivity index (χ0v) is 9.61. The molecular weight excluding hydrogens is 269 g/mol. The van der Waals surface area contributed by atoms with Gasteiger partial charge >= 0.3 is 0 Å². The van der Waals surface area contributed by atoms with Gasteiger partial charge in [0.05, 0.1) is 6.54 Å². The van der Waals surface area contributed by atoms with Crippen LogP contribution in [0.2, 0.25) is 0 Å². The van der Waals surface area contributed by atoms with Gasteiger partial charge in [-0.15, -0.1) is 0 Å². The number of rotatable bonds is 2. The van der Waals surface area contributed by atoms with E-state index >= 15 is 0 Å². The van der Waals surface area contributed by atoms with Crippen LogP contribution in [-0.4, -0.2) is 10.1 Å². The van der Waals surface area contributed by atoms with E-state index < -0.39 is 0 Å². The molecule has 0 saturated carbocycles. The minimum atomic E-state index is -0.320. The predicted octanol–water partition coefficient (Wildman–Crippen LogP) is 1.51. The van der Waals surface area contributed by atoms with Gasteiger partial charge in [-0.05, 0) is 36.0 Å². The Bertz CT molecular complexity index is 358. The van der Waals surface area contributed by atoms with Crippen LogP contribution in [0.25, 0.3) is 0 Å². The average Bonchev–Trinajstić information content (AvgIpc) is 2.11. The van der Waals surface area contributed by atoms with E-state index in [1.54, 1.807) is 6.07 Å². The Balaban J connectivity index is 2.85. The molecule has 0 bridgehead atoms. The van der Waals surface area contributed by atoms with Crippen molar-refractivity contribution >= 4 is 33.3 Å². The number of halogens is 2. The summed E-state index contributed by atoms with van der Waals surface area (Å²) in [6.07, 6.45) is 0. The van der Waals surface area contributed by atoms with Gasteiger partial charge in [-0.3, -0.25) is 5.01 Å². The highest BCUT2D eigenvalue weighted by molar-refractivity contribution is 9.10. The number of hydrogen-bond acceptors (Lipinski definition) is 2. The largest absolute Gasteiger partial charge is 0.375 e. The van der Waals surface area contributed by atoms with Crippen LogP contribution in [0.4, 0.5) is 4.39 Å². The maximum Gasteiger partial charge on any atom is 0.180 e. The van der Waals surface area contributed by atoms with Gasteiger partial charge in [-0.2, -0.15) is 0 Å². The monoisotopic (exact) mass is 277 g/mol. The first kappa shape index (κ1) is 11.4. The van der Waals surface area contributed by atoms with Gasteiger partial charge in [0.25, 0.3) is 0 Å². The molecule has 0 aliphatic rings. The van der Waals surface area contributed by atoms with Crippen LogP contribution in [0.1, 0.15) is 5.56 Å². The fraction of sp³-hybridized carbons (Fsp3) is 0.125. The molecule has 1 aromatic rings. The molecule has 0 fully saturated rings. The SMILES string of the molecule is NC(=S)N(N)Cc1cc(F)ccc1Br. The molecule has 4 N–H and O–H groups in total. The first-order valence-electron chi connectivity index (χ1n) is 3.76. The molecule has 0 heterocycles. The summed E-state index contributed by atoms with van der Waals surface area (Å²) >= 11 is 7.94. The van der Waals surface area contributed by atoms with E-state index in [0.717, 1.165) is 4.47 Å². The van der Waals surface area contributed by atoms with Gasteiger partial charge < -0.3 is 5.73 Å². The second-order valence-corrected chi connectivity index (χ2v) is 3.97. The molecule has 0 radical (unpaired) electrons. The van der Waals surface area contributed by atoms with E-state index in [9.17, 15) is 4.39 Å². The Hall–Kier alpha value is -0.720.